The molecule has 1 aromatic carbocycles. The number of hydrogen-bond acceptors (Lipinski definition) is 5. The average Bonchev–Trinajstić information content (AvgIpc) is 2.98. The van der Waals surface area contributed by atoms with Crippen LogP contribution in [0.25, 0.3) is 10.9 Å². The molecule has 0 saturated carbocycles. The van der Waals surface area contributed by atoms with Crippen LogP contribution in [0.2, 0.25) is 0 Å². The van der Waals surface area contributed by atoms with Crippen molar-refractivity contribution in [2.75, 3.05) is 24.6 Å². The second-order valence-electron chi connectivity index (χ2n) is 6.67. The zero-order chi connectivity index (χ0) is 17.9. The molecule has 0 spiro atoms. The molecule has 3 heterocycles. The van der Waals surface area contributed by atoms with E-state index in [-0.39, 0.29) is 35.4 Å². The van der Waals surface area contributed by atoms with Gasteiger partial charge in [0.15, 0.2) is 11.6 Å². The monoisotopic (exact) mass is 347 g/mol. The maximum atomic E-state index is 14.9. The molecule has 2 aliphatic rings. The average molecular weight is 347 g/mol. The predicted octanol–water partition coefficient (Wildman–Crippen LogP) is 1.33. The number of halogens is 1. The first-order valence-corrected chi connectivity index (χ1v) is 8.16. The Balaban J connectivity index is 2.07. The normalized spacial score (nSPS) is 22.3. The van der Waals surface area contributed by atoms with Crippen molar-refractivity contribution in [3.8, 4) is 5.75 Å². The lowest BCUT2D eigenvalue weighted by atomic mass is 10.1. The summed E-state index contributed by atoms with van der Waals surface area (Å²) in [6, 6.07) is 0.902. The van der Waals surface area contributed by atoms with Crippen LogP contribution < -0.4 is 20.8 Å². The molecule has 0 aliphatic carbocycles. The lowest BCUT2D eigenvalue weighted by Crippen LogP contribution is -2.30. The molecule has 1 aromatic heterocycles. The van der Waals surface area contributed by atoms with Crippen molar-refractivity contribution < 1.29 is 19.0 Å². The van der Waals surface area contributed by atoms with Gasteiger partial charge in [-0.15, -0.1) is 0 Å². The first-order chi connectivity index (χ1) is 11.9. The summed E-state index contributed by atoms with van der Waals surface area (Å²) >= 11 is 0. The number of ether oxygens (including phenoxy) is 1. The number of carboxylic acid groups (broad SMARTS) is 1. The predicted molar refractivity (Wildman–Crippen MR) is 90.1 cm³/mol. The van der Waals surface area contributed by atoms with Crippen molar-refractivity contribution in [1.82, 2.24) is 4.57 Å². The number of nitrogens with zero attached hydrogens (tertiary/aromatic N) is 2. The second kappa shape index (κ2) is 5.45. The molecule has 25 heavy (non-hydrogen) atoms. The molecule has 0 radical (unpaired) electrons. The fourth-order valence-electron chi connectivity index (χ4n) is 3.65. The van der Waals surface area contributed by atoms with Crippen LogP contribution in [0.4, 0.5) is 10.1 Å². The summed E-state index contributed by atoms with van der Waals surface area (Å²) in [5.41, 5.74) is 5.59. The van der Waals surface area contributed by atoms with Gasteiger partial charge in [0.25, 0.3) is 0 Å². The van der Waals surface area contributed by atoms with Crippen LogP contribution in [0.1, 0.15) is 29.7 Å². The Bertz CT molecular complexity index is 955. The lowest BCUT2D eigenvalue weighted by Gasteiger charge is -2.31. The van der Waals surface area contributed by atoms with Crippen molar-refractivity contribution in [3.05, 3.63) is 33.9 Å². The second-order valence-corrected chi connectivity index (χ2v) is 6.67. The van der Waals surface area contributed by atoms with E-state index in [4.69, 9.17) is 10.5 Å². The van der Waals surface area contributed by atoms with Crippen LogP contribution in [0.15, 0.2) is 17.1 Å². The highest BCUT2D eigenvalue weighted by Gasteiger charge is 2.32. The van der Waals surface area contributed by atoms with Crippen LogP contribution >= 0.6 is 0 Å². The van der Waals surface area contributed by atoms with Crippen LogP contribution in [0, 0.1) is 5.82 Å². The topological polar surface area (TPSA) is 97.8 Å². The molecule has 7 nitrogen and oxygen atoms in total. The van der Waals surface area contributed by atoms with Gasteiger partial charge < -0.3 is 25.0 Å². The minimum atomic E-state index is -1.33. The van der Waals surface area contributed by atoms with Crippen molar-refractivity contribution in [3.63, 3.8) is 0 Å². The number of hydrogen-bond donors (Lipinski definition) is 2. The van der Waals surface area contributed by atoms with E-state index < -0.39 is 17.2 Å². The van der Waals surface area contributed by atoms with E-state index in [2.05, 4.69) is 0 Å². The highest BCUT2D eigenvalue weighted by atomic mass is 19.1. The van der Waals surface area contributed by atoms with Crippen LogP contribution in [0.5, 0.6) is 5.75 Å². The van der Waals surface area contributed by atoms with Gasteiger partial charge in [-0.25, -0.2) is 9.18 Å². The van der Waals surface area contributed by atoms with Gasteiger partial charge in [-0.05, 0) is 19.4 Å². The summed E-state index contributed by atoms with van der Waals surface area (Å²) in [4.78, 5) is 25.7. The van der Waals surface area contributed by atoms with Gasteiger partial charge in [0, 0.05) is 25.3 Å². The third kappa shape index (κ3) is 2.28. The Kier molecular flexibility index (Phi) is 3.47. The van der Waals surface area contributed by atoms with E-state index in [1.165, 1.54) is 6.20 Å². The summed E-state index contributed by atoms with van der Waals surface area (Å²) in [5.74, 6) is -1.64. The Morgan fingerprint density at radius 1 is 1.48 bits per heavy atom. The van der Waals surface area contributed by atoms with Crippen LogP contribution in [0.3, 0.4) is 0 Å². The molecule has 3 N–H and O–H groups in total. The molecule has 2 atom stereocenters. The quantitative estimate of drug-likeness (QED) is 0.851. The van der Waals surface area contributed by atoms with Crippen molar-refractivity contribution >= 4 is 22.6 Å². The molecule has 2 aromatic rings. The van der Waals surface area contributed by atoms with Crippen LogP contribution in [-0.4, -0.2) is 41.4 Å². The number of carboxylic acids is 1. The third-order valence-corrected chi connectivity index (χ3v) is 4.91. The first-order valence-electron chi connectivity index (χ1n) is 8.16. The van der Waals surface area contributed by atoms with Crippen LogP contribution in [-0.2, 0) is 0 Å². The molecule has 2 unspecified atom stereocenters. The number of aromatic carboxylic acids is 1. The third-order valence-electron chi connectivity index (χ3n) is 4.91. The van der Waals surface area contributed by atoms with E-state index >= 15 is 0 Å². The number of rotatable bonds is 2. The largest absolute Gasteiger partial charge is 0.487 e. The van der Waals surface area contributed by atoms with E-state index in [0.29, 0.717) is 24.3 Å². The Hall–Kier alpha value is -2.61. The van der Waals surface area contributed by atoms with Gasteiger partial charge in [-0.2, -0.15) is 0 Å². The summed E-state index contributed by atoms with van der Waals surface area (Å²) in [6.45, 7) is 3.23. The number of nitrogens with two attached hydrogens (primary N) is 1. The minimum absolute atomic E-state index is 0.0196. The molecular weight excluding hydrogens is 329 g/mol. The minimum Gasteiger partial charge on any atom is -0.487 e. The van der Waals surface area contributed by atoms with Crippen molar-refractivity contribution in [2.24, 2.45) is 5.73 Å². The Morgan fingerprint density at radius 2 is 2.24 bits per heavy atom. The molecule has 4 rings (SSSR count). The molecule has 1 saturated heterocycles. The zero-order valence-corrected chi connectivity index (χ0v) is 13.7. The molecule has 0 amide bonds. The summed E-state index contributed by atoms with van der Waals surface area (Å²) in [7, 11) is 0. The smallest absolute Gasteiger partial charge is 0.341 e. The highest BCUT2D eigenvalue weighted by Crippen LogP contribution is 2.42. The number of benzene rings is 1. The zero-order valence-electron chi connectivity index (χ0n) is 13.7. The van der Waals surface area contributed by atoms with Gasteiger partial charge in [0.1, 0.15) is 17.9 Å². The maximum absolute atomic E-state index is 14.9. The van der Waals surface area contributed by atoms with E-state index in [9.17, 15) is 19.1 Å². The van der Waals surface area contributed by atoms with E-state index in [1.54, 1.807) is 4.57 Å². The fraction of sp³-hybridized carbons (Fsp3) is 0.412. The summed E-state index contributed by atoms with van der Waals surface area (Å²) in [6.07, 6.45) is 2.07. The molecule has 1 fully saturated rings. The number of aromatic nitrogens is 1. The Morgan fingerprint density at radius 3 is 2.88 bits per heavy atom. The summed E-state index contributed by atoms with van der Waals surface area (Å²) in [5, 5.41) is 9.30. The number of carbonyl (C=O) groups is 1. The van der Waals surface area contributed by atoms with E-state index in [1.807, 2.05) is 11.8 Å². The summed E-state index contributed by atoms with van der Waals surface area (Å²) < 4.78 is 22.3. The van der Waals surface area contributed by atoms with Crippen molar-refractivity contribution in [2.45, 2.75) is 25.4 Å². The highest BCUT2D eigenvalue weighted by molar-refractivity contribution is 5.97. The van der Waals surface area contributed by atoms with Gasteiger partial charge in [-0.1, -0.05) is 0 Å². The number of pyridine rings is 1. The van der Waals surface area contributed by atoms with Crippen molar-refractivity contribution in [1.29, 1.82) is 0 Å². The molecule has 2 aliphatic heterocycles. The molecular formula is C17H18FN3O4. The van der Waals surface area contributed by atoms with Gasteiger partial charge in [-0.3, -0.25) is 4.79 Å². The fourth-order valence-corrected chi connectivity index (χ4v) is 3.65. The SMILES string of the molecule is CC1COc2c(N3CCC(N)C3)c(F)cc3c(=O)c(C(=O)O)cn1c23. The Labute approximate surface area is 142 Å². The molecule has 8 heteroatoms. The van der Waals surface area contributed by atoms with Gasteiger partial charge >= 0.3 is 5.97 Å². The molecule has 132 valence electrons. The maximum Gasteiger partial charge on any atom is 0.341 e. The lowest BCUT2D eigenvalue weighted by molar-refractivity contribution is 0.0694. The van der Waals surface area contributed by atoms with Gasteiger partial charge in [0.05, 0.1) is 16.9 Å². The van der Waals surface area contributed by atoms with E-state index in [0.717, 1.165) is 12.5 Å². The standard InChI is InChI=1S/C17H18FN3O4/c1-8-7-25-16-13-10(15(22)11(17(23)24)6-21(8)13)4-12(18)14(16)20-3-2-9(19)5-20/h4,6,8-9H,2-3,5,7,19H2,1H3,(H,23,24). The first kappa shape index (κ1) is 15.9. The van der Waals surface area contributed by atoms with Gasteiger partial charge in [0.2, 0.25) is 5.43 Å². The number of anilines is 1. The molecule has 0 bridgehead atoms.